The summed E-state index contributed by atoms with van der Waals surface area (Å²) in [5.41, 5.74) is 1.08. The highest BCUT2D eigenvalue weighted by molar-refractivity contribution is 9.10. The van der Waals surface area contributed by atoms with Gasteiger partial charge in [-0.05, 0) is 25.0 Å². The van der Waals surface area contributed by atoms with E-state index in [1.54, 1.807) is 6.07 Å². The summed E-state index contributed by atoms with van der Waals surface area (Å²) >= 11 is 3.43. The highest BCUT2D eigenvalue weighted by Gasteiger charge is 2.16. The number of ether oxygens (including phenoxy) is 1. The predicted octanol–water partition coefficient (Wildman–Crippen LogP) is 2.48. The second-order valence-electron chi connectivity index (χ2n) is 2.83. The SMILES string of the molecule is Oc1ccc(Br)c2c1OCCC2. The minimum atomic E-state index is 0.243. The van der Waals surface area contributed by atoms with E-state index >= 15 is 0 Å². The first-order valence-electron chi connectivity index (χ1n) is 3.92. The van der Waals surface area contributed by atoms with Crippen LogP contribution >= 0.6 is 15.9 Å². The number of fused-ring (bicyclic) bond motifs is 1. The normalized spacial score (nSPS) is 15.1. The number of phenols is 1. The minimum Gasteiger partial charge on any atom is -0.504 e. The molecule has 1 aliphatic rings. The Labute approximate surface area is 79.3 Å². The van der Waals surface area contributed by atoms with Crippen molar-refractivity contribution in [2.75, 3.05) is 6.61 Å². The van der Waals surface area contributed by atoms with Crippen LogP contribution in [-0.4, -0.2) is 11.7 Å². The molecule has 1 aromatic carbocycles. The summed E-state index contributed by atoms with van der Waals surface area (Å²) in [6, 6.07) is 3.50. The van der Waals surface area contributed by atoms with Gasteiger partial charge in [0, 0.05) is 10.0 Å². The fraction of sp³-hybridized carbons (Fsp3) is 0.333. The van der Waals surface area contributed by atoms with Gasteiger partial charge in [0.2, 0.25) is 0 Å². The first kappa shape index (κ1) is 7.92. The second kappa shape index (κ2) is 2.98. The van der Waals surface area contributed by atoms with Gasteiger partial charge in [0.25, 0.3) is 0 Å². The molecule has 0 amide bonds. The number of rotatable bonds is 0. The number of halogens is 1. The molecule has 0 saturated carbocycles. The number of aromatic hydroxyl groups is 1. The maximum absolute atomic E-state index is 9.43. The zero-order valence-corrected chi connectivity index (χ0v) is 8.10. The molecule has 1 aromatic rings. The van der Waals surface area contributed by atoms with E-state index in [1.165, 1.54) is 0 Å². The maximum Gasteiger partial charge on any atom is 0.165 e. The lowest BCUT2D eigenvalue weighted by Crippen LogP contribution is -2.08. The van der Waals surface area contributed by atoms with Crippen molar-refractivity contribution in [3.8, 4) is 11.5 Å². The largest absolute Gasteiger partial charge is 0.504 e. The Bertz CT molecular complexity index is 279. The average Bonchev–Trinajstić information content (AvgIpc) is 2.12. The van der Waals surface area contributed by atoms with Crippen LogP contribution < -0.4 is 4.74 Å². The summed E-state index contributed by atoms with van der Waals surface area (Å²) in [5, 5.41) is 9.43. The topological polar surface area (TPSA) is 29.5 Å². The molecule has 1 N–H and O–H groups in total. The molecule has 3 heteroatoms. The Kier molecular flexibility index (Phi) is 1.97. The van der Waals surface area contributed by atoms with Crippen molar-refractivity contribution in [2.24, 2.45) is 0 Å². The maximum atomic E-state index is 9.43. The molecule has 0 radical (unpaired) electrons. The molecule has 2 nitrogen and oxygen atoms in total. The number of hydrogen-bond donors (Lipinski definition) is 1. The lowest BCUT2D eigenvalue weighted by molar-refractivity contribution is 0.272. The van der Waals surface area contributed by atoms with E-state index in [9.17, 15) is 5.11 Å². The number of benzene rings is 1. The van der Waals surface area contributed by atoms with Gasteiger partial charge in [0.1, 0.15) is 0 Å². The third-order valence-corrected chi connectivity index (χ3v) is 2.74. The fourth-order valence-electron chi connectivity index (χ4n) is 1.41. The summed E-state index contributed by atoms with van der Waals surface area (Å²) in [6.07, 6.45) is 2.00. The molecule has 2 rings (SSSR count). The summed E-state index contributed by atoms with van der Waals surface area (Å²) in [4.78, 5) is 0. The fourth-order valence-corrected chi connectivity index (χ4v) is 1.92. The van der Waals surface area contributed by atoms with Crippen molar-refractivity contribution in [3.05, 3.63) is 22.2 Å². The molecule has 12 heavy (non-hydrogen) atoms. The van der Waals surface area contributed by atoms with Gasteiger partial charge in [-0.15, -0.1) is 0 Å². The van der Waals surface area contributed by atoms with Crippen LogP contribution in [0.15, 0.2) is 16.6 Å². The minimum absolute atomic E-state index is 0.243. The molecule has 1 heterocycles. The van der Waals surface area contributed by atoms with Gasteiger partial charge >= 0.3 is 0 Å². The van der Waals surface area contributed by atoms with Crippen LogP contribution in [0.1, 0.15) is 12.0 Å². The third-order valence-electron chi connectivity index (χ3n) is 2.00. The van der Waals surface area contributed by atoms with E-state index in [-0.39, 0.29) is 5.75 Å². The molecule has 0 atom stereocenters. The Balaban J connectivity index is 2.57. The van der Waals surface area contributed by atoms with Crippen LogP contribution in [0.25, 0.3) is 0 Å². The summed E-state index contributed by atoms with van der Waals surface area (Å²) in [5.74, 6) is 0.892. The van der Waals surface area contributed by atoms with Crippen LogP contribution in [0.4, 0.5) is 0 Å². The molecular formula is C9H9BrO2. The van der Waals surface area contributed by atoms with Gasteiger partial charge < -0.3 is 9.84 Å². The van der Waals surface area contributed by atoms with Crippen LogP contribution in [0.3, 0.4) is 0 Å². The molecule has 0 saturated heterocycles. The molecule has 1 aliphatic heterocycles. The van der Waals surface area contributed by atoms with Crippen LogP contribution in [0.2, 0.25) is 0 Å². The predicted molar refractivity (Wildman–Crippen MR) is 49.6 cm³/mol. The molecule has 0 aromatic heterocycles. The van der Waals surface area contributed by atoms with Gasteiger partial charge in [-0.1, -0.05) is 15.9 Å². The Hall–Kier alpha value is -0.700. The van der Waals surface area contributed by atoms with Gasteiger partial charge in [-0.2, -0.15) is 0 Å². The van der Waals surface area contributed by atoms with E-state index in [2.05, 4.69) is 15.9 Å². The lowest BCUT2D eigenvalue weighted by atomic mass is 10.1. The smallest absolute Gasteiger partial charge is 0.165 e. The standard InChI is InChI=1S/C9H9BrO2/c10-7-3-4-8(11)9-6(7)2-1-5-12-9/h3-4,11H,1-2,5H2. The second-order valence-corrected chi connectivity index (χ2v) is 3.68. The first-order valence-corrected chi connectivity index (χ1v) is 4.71. The van der Waals surface area contributed by atoms with Crippen molar-refractivity contribution in [1.29, 1.82) is 0 Å². The zero-order valence-electron chi connectivity index (χ0n) is 6.51. The van der Waals surface area contributed by atoms with E-state index in [4.69, 9.17) is 4.74 Å². The van der Waals surface area contributed by atoms with Crippen molar-refractivity contribution < 1.29 is 9.84 Å². The Morgan fingerprint density at radius 3 is 3.00 bits per heavy atom. The van der Waals surface area contributed by atoms with Gasteiger partial charge in [-0.25, -0.2) is 0 Å². The molecule has 0 spiro atoms. The molecule has 0 fully saturated rings. The lowest BCUT2D eigenvalue weighted by Gasteiger charge is -2.18. The molecule has 64 valence electrons. The Morgan fingerprint density at radius 1 is 1.42 bits per heavy atom. The first-order chi connectivity index (χ1) is 5.79. The van der Waals surface area contributed by atoms with E-state index < -0.39 is 0 Å². The average molecular weight is 229 g/mol. The van der Waals surface area contributed by atoms with E-state index in [0.29, 0.717) is 12.4 Å². The molecule has 0 unspecified atom stereocenters. The quantitative estimate of drug-likeness (QED) is 0.740. The summed E-state index contributed by atoms with van der Waals surface area (Å²) in [6.45, 7) is 0.705. The monoisotopic (exact) mass is 228 g/mol. The van der Waals surface area contributed by atoms with Crippen molar-refractivity contribution in [1.82, 2.24) is 0 Å². The van der Waals surface area contributed by atoms with Crippen LogP contribution in [-0.2, 0) is 6.42 Å². The number of phenolic OH excluding ortho intramolecular Hbond substituents is 1. The van der Waals surface area contributed by atoms with Gasteiger partial charge in [0.15, 0.2) is 11.5 Å². The van der Waals surface area contributed by atoms with Crippen LogP contribution in [0, 0.1) is 0 Å². The van der Waals surface area contributed by atoms with Crippen molar-refractivity contribution in [3.63, 3.8) is 0 Å². The Morgan fingerprint density at radius 2 is 2.25 bits per heavy atom. The zero-order chi connectivity index (χ0) is 8.55. The highest BCUT2D eigenvalue weighted by atomic mass is 79.9. The number of hydrogen-bond acceptors (Lipinski definition) is 2. The van der Waals surface area contributed by atoms with E-state index in [1.807, 2.05) is 6.07 Å². The molecular weight excluding hydrogens is 220 g/mol. The van der Waals surface area contributed by atoms with Crippen LogP contribution in [0.5, 0.6) is 11.5 Å². The molecule has 0 bridgehead atoms. The summed E-state index contributed by atoms with van der Waals surface area (Å²) in [7, 11) is 0. The highest BCUT2D eigenvalue weighted by Crippen LogP contribution is 2.38. The van der Waals surface area contributed by atoms with Gasteiger partial charge in [0.05, 0.1) is 6.61 Å². The summed E-state index contributed by atoms with van der Waals surface area (Å²) < 4.78 is 6.38. The third kappa shape index (κ3) is 1.18. The van der Waals surface area contributed by atoms with Gasteiger partial charge in [-0.3, -0.25) is 0 Å². The van der Waals surface area contributed by atoms with Crippen molar-refractivity contribution >= 4 is 15.9 Å². The molecule has 0 aliphatic carbocycles. The van der Waals surface area contributed by atoms with E-state index in [0.717, 1.165) is 22.9 Å². The van der Waals surface area contributed by atoms with Crippen molar-refractivity contribution in [2.45, 2.75) is 12.8 Å².